The molecule has 1 fully saturated rings. The molecule has 0 atom stereocenters. The van der Waals surface area contributed by atoms with Crippen molar-refractivity contribution in [1.29, 1.82) is 0 Å². The molecule has 1 amide bonds. The number of nitrogens with zero attached hydrogens (tertiary/aromatic N) is 3. The average Bonchev–Trinajstić information content (AvgIpc) is 3.14. The molecule has 0 unspecified atom stereocenters. The van der Waals surface area contributed by atoms with Gasteiger partial charge in [0, 0.05) is 27.2 Å². The third-order valence-corrected chi connectivity index (χ3v) is 3.44. The summed E-state index contributed by atoms with van der Waals surface area (Å²) in [5.41, 5.74) is 7.47. The highest BCUT2D eigenvalue weighted by atomic mass is 16.5. The molecule has 0 radical (unpaired) electrons. The van der Waals surface area contributed by atoms with E-state index in [-0.39, 0.29) is 5.91 Å². The predicted molar refractivity (Wildman–Crippen MR) is 72.9 cm³/mol. The van der Waals surface area contributed by atoms with Crippen LogP contribution in [-0.4, -0.2) is 47.4 Å². The SMILES string of the molecule is Cc1nn(C)c(C(=O)N(C)CCOCC2CC2)c1N. The minimum Gasteiger partial charge on any atom is -0.395 e. The number of aromatic nitrogens is 2. The Kier molecular flexibility index (Phi) is 4.09. The number of carbonyl (C=O) groups is 1. The quantitative estimate of drug-likeness (QED) is 0.773. The van der Waals surface area contributed by atoms with E-state index in [1.54, 1.807) is 25.9 Å². The Hall–Kier alpha value is -1.56. The van der Waals surface area contributed by atoms with Crippen LogP contribution in [0.3, 0.4) is 0 Å². The van der Waals surface area contributed by atoms with Gasteiger partial charge < -0.3 is 15.4 Å². The van der Waals surface area contributed by atoms with E-state index in [2.05, 4.69) is 5.10 Å². The summed E-state index contributed by atoms with van der Waals surface area (Å²) in [6, 6.07) is 0. The van der Waals surface area contributed by atoms with Gasteiger partial charge >= 0.3 is 0 Å². The number of hydrogen-bond donors (Lipinski definition) is 1. The van der Waals surface area contributed by atoms with Gasteiger partial charge in [-0.15, -0.1) is 0 Å². The standard InChI is InChI=1S/C13H22N4O2/c1-9-11(14)12(17(3)15-9)13(18)16(2)6-7-19-8-10-4-5-10/h10H,4-8,14H2,1-3H3. The largest absolute Gasteiger partial charge is 0.395 e. The number of anilines is 1. The van der Waals surface area contributed by atoms with Gasteiger partial charge in [0.15, 0.2) is 0 Å². The molecule has 6 heteroatoms. The summed E-state index contributed by atoms with van der Waals surface area (Å²) in [4.78, 5) is 13.9. The molecular weight excluding hydrogens is 244 g/mol. The molecule has 1 aromatic heterocycles. The van der Waals surface area contributed by atoms with Crippen molar-refractivity contribution in [3.05, 3.63) is 11.4 Å². The Morgan fingerprint density at radius 3 is 2.79 bits per heavy atom. The van der Waals surface area contributed by atoms with Crippen LogP contribution in [0.15, 0.2) is 0 Å². The van der Waals surface area contributed by atoms with Crippen molar-refractivity contribution in [2.75, 3.05) is 32.5 Å². The first kappa shape index (κ1) is 13.9. The number of nitrogens with two attached hydrogens (primary N) is 1. The summed E-state index contributed by atoms with van der Waals surface area (Å²) >= 11 is 0. The van der Waals surface area contributed by atoms with Crippen LogP contribution in [0.5, 0.6) is 0 Å². The van der Waals surface area contributed by atoms with Crippen molar-refractivity contribution in [2.45, 2.75) is 19.8 Å². The number of likely N-dealkylation sites (N-methyl/N-ethyl adjacent to an activating group) is 1. The van der Waals surface area contributed by atoms with Gasteiger partial charge in [-0.1, -0.05) is 0 Å². The molecule has 0 spiro atoms. The fourth-order valence-electron chi connectivity index (χ4n) is 1.95. The van der Waals surface area contributed by atoms with Crippen molar-refractivity contribution >= 4 is 11.6 Å². The Morgan fingerprint density at radius 2 is 2.26 bits per heavy atom. The second kappa shape index (κ2) is 5.61. The summed E-state index contributed by atoms with van der Waals surface area (Å²) in [5, 5.41) is 4.15. The number of carbonyl (C=O) groups excluding carboxylic acids is 1. The van der Waals surface area contributed by atoms with Gasteiger partial charge in [-0.2, -0.15) is 5.10 Å². The third kappa shape index (κ3) is 3.26. The highest BCUT2D eigenvalue weighted by Gasteiger charge is 2.23. The number of ether oxygens (including phenoxy) is 1. The molecular formula is C13H22N4O2. The van der Waals surface area contributed by atoms with E-state index >= 15 is 0 Å². The Bertz CT molecular complexity index is 465. The van der Waals surface area contributed by atoms with E-state index in [0.717, 1.165) is 12.5 Å². The third-order valence-electron chi connectivity index (χ3n) is 3.44. The van der Waals surface area contributed by atoms with Crippen molar-refractivity contribution in [1.82, 2.24) is 14.7 Å². The van der Waals surface area contributed by atoms with Gasteiger partial charge in [0.25, 0.3) is 5.91 Å². The second-order valence-corrected chi connectivity index (χ2v) is 5.22. The van der Waals surface area contributed by atoms with Gasteiger partial charge in [0.05, 0.1) is 18.0 Å². The zero-order valence-corrected chi connectivity index (χ0v) is 11.8. The maximum Gasteiger partial charge on any atom is 0.274 e. The monoisotopic (exact) mass is 266 g/mol. The molecule has 106 valence electrons. The lowest BCUT2D eigenvalue weighted by molar-refractivity contribution is 0.0672. The average molecular weight is 266 g/mol. The van der Waals surface area contributed by atoms with Gasteiger partial charge in [0.2, 0.25) is 0 Å². The minimum atomic E-state index is -0.115. The summed E-state index contributed by atoms with van der Waals surface area (Å²) in [7, 11) is 3.48. The zero-order valence-electron chi connectivity index (χ0n) is 11.8. The summed E-state index contributed by atoms with van der Waals surface area (Å²) in [6.45, 7) is 3.74. The van der Waals surface area contributed by atoms with Crippen LogP contribution >= 0.6 is 0 Å². The van der Waals surface area contributed by atoms with Crippen LogP contribution in [0.2, 0.25) is 0 Å². The smallest absolute Gasteiger partial charge is 0.274 e. The predicted octanol–water partition coefficient (Wildman–Crippen LogP) is 0.809. The van der Waals surface area contributed by atoms with E-state index in [1.807, 2.05) is 0 Å². The van der Waals surface area contributed by atoms with Gasteiger partial charge in [0.1, 0.15) is 5.69 Å². The molecule has 19 heavy (non-hydrogen) atoms. The van der Waals surface area contributed by atoms with Crippen molar-refractivity contribution in [2.24, 2.45) is 13.0 Å². The molecule has 1 saturated carbocycles. The maximum absolute atomic E-state index is 12.3. The Morgan fingerprint density at radius 1 is 1.58 bits per heavy atom. The van der Waals surface area contributed by atoms with Crippen molar-refractivity contribution in [3.8, 4) is 0 Å². The van der Waals surface area contributed by atoms with E-state index in [1.165, 1.54) is 17.5 Å². The molecule has 2 N–H and O–H groups in total. The Balaban J connectivity index is 1.86. The number of rotatable bonds is 6. The number of aryl methyl sites for hydroxylation is 2. The van der Waals surface area contributed by atoms with E-state index in [0.29, 0.717) is 30.2 Å². The van der Waals surface area contributed by atoms with E-state index in [4.69, 9.17) is 10.5 Å². The molecule has 0 aliphatic heterocycles. The normalized spacial score (nSPS) is 14.7. The Labute approximate surface area is 113 Å². The van der Waals surface area contributed by atoms with Crippen molar-refractivity contribution < 1.29 is 9.53 Å². The van der Waals surface area contributed by atoms with Crippen LogP contribution in [0, 0.1) is 12.8 Å². The second-order valence-electron chi connectivity index (χ2n) is 5.22. The molecule has 6 nitrogen and oxygen atoms in total. The van der Waals surface area contributed by atoms with Crippen LogP contribution in [0.4, 0.5) is 5.69 Å². The van der Waals surface area contributed by atoms with Crippen LogP contribution in [0.1, 0.15) is 29.0 Å². The minimum absolute atomic E-state index is 0.115. The topological polar surface area (TPSA) is 73.4 Å². The van der Waals surface area contributed by atoms with E-state index < -0.39 is 0 Å². The highest BCUT2D eigenvalue weighted by molar-refractivity contribution is 5.97. The number of amides is 1. The lowest BCUT2D eigenvalue weighted by atomic mass is 10.3. The lowest BCUT2D eigenvalue weighted by Crippen LogP contribution is -2.32. The summed E-state index contributed by atoms with van der Waals surface area (Å²) in [5.74, 6) is 0.631. The summed E-state index contributed by atoms with van der Waals surface area (Å²) in [6.07, 6.45) is 2.55. The molecule has 1 aliphatic rings. The van der Waals surface area contributed by atoms with Crippen LogP contribution in [0.25, 0.3) is 0 Å². The molecule has 1 aliphatic carbocycles. The van der Waals surface area contributed by atoms with Gasteiger partial charge in [-0.05, 0) is 25.7 Å². The molecule has 1 aromatic rings. The van der Waals surface area contributed by atoms with Gasteiger partial charge in [-0.25, -0.2) is 0 Å². The molecule has 1 heterocycles. The number of nitrogen functional groups attached to an aromatic ring is 1. The molecule has 0 bridgehead atoms. The van der Waals surface area contributed by atoms with E-state index in [9.17, 15) is 4.79 Å². The molecule has 0 aromatic carbocycles. The first-order valence-electron chi connectivity index (χ1n) is 6.63. The first-order valence-corrected chi connectivity index (χ1v) is 6.63. The van der Waals surface area contributed by atoms with Gasteiger partial charge in [-0.3, -0.25) is 9.48 Å². The summed E-state index contributed by atoms with van der Waals surface area (Å²) < 4.78 is 7.07. The van der Waals surface area contributed by atoms with Crippen LogP contribution < -0.4 is 5.73 Å². The van der Waals surface area contributed by atoms with Crippen molar-refractivity contribution in [3.63, 3.8) is 0 Å². The fraction of sp³-hybridized carbons (Fsp3) is 0.692. The first-order chi connectivity index (χ1) is 9.00. The highest BCUT2D eigenvalue weighted by Crippen LogP contribution is 2.28. The van der Waals surface area contributed by atoms with Crippen LogP contribution in [-0.2, 0) is 11.8 Å². The fourth-order valence-corrected chi connectivity index (χ4v) is 1.95. The lowest BCUT2D eigenvalue weighted by Gasteiger charge is -2.17. The maximum atomic E-state index is 12.3. The molecule has 2 rings (SSSR count). The zero-order chi connectivity index (χ0) is 14.0. The number of hydrogen-bond acceptors (Lipinski definition) is 4. The molecule has 0 saturated heterocycles.